The second kappa shape index (κ2) is 6.07. The summed E-state index contributed by atoms with van der Waals surface area (Å²) in [5.41, 5.74) is 7.28. The molecule has 2 rings (SSSR count). The third-order valence-corrected chi connectivity index (χ3v) is 3.91. The van der Waals surface area contributed by atoms with Crippen LogP contribution in [0.15, 0.2) is 30.3 Å². The molecular weight excluding hydrogens is 242 g/mol. The van der Waals surface area contributed by atoms with E-state index >= 15 is 0 Å². The molecule has 0 fully saturated rings. The Hall–Kier alpha value is -1.26. The van der Waals surface area contributed by atoms with Gasteiger partial charge in [0.05, 0.1) is 6.04 Å². The Labute approximate surface area is 112 Å². The van der Waals surface area contributed by atoms with Crippen LogP contribution >= 0.6 is 11.3 Å². The van der Waals surface area contributed by atoms with Crippen LogP contribution in [0.1, 0.15) is 41.9 Å². The standard InChI is InChI=1S/C14H19N3S/c1-10(2)8-9-12-16-17-14(18-12)13(15)11-6-4-3-5-7-11/h3-7,10,13H,8-9,15H2,1-2H3. The van der Waals surface area contributed by atoms with Crippen molar-refractivity contribution in [2.24, 2.45) is 11.7 Å². The van der Waals surface area contributed by atoms with Gasteiger partial charge in [-0.2, -0.15) is 0 Å². The van der Waals surface area contributed by atoms with Crippen LogP contribution in [0.5, 0.6) is 0 Å². The lowest BCUT2D eigenvalue weighted by Crippen LogP contribution is -2.11. The maximum atomic E-state index is 6.19. The monoisotopic (exact) mass is 261 g/mol. The van der Waals surface area contributed by atoms with Crippen LogP contribution in [0.3, 0.4) is 0 Å². The van der Waals surface area contributed by atoms with Crippen molar-refractivity contribution >= 4 is 11.3 Å². The lowest BCUT2D eigenvalue weighted by molar-refractivity contribution is 0.583. The minimum atomic E-state index is -0.156. The van der Waals surface area contributed by atoms with Gasteiger partial charge in [-0.15, -0.1) is 10.2 Å². The summed E-state index contributed by atoms with van der Waals surface area (Å²) in [4.78, 5) is 0. The van der Waals surface area contributed by atoms with E-state index < -0.39 is 0 Å². The summed E-state index contributed by atoms with van der Waals surface area (Å²) in [7, 11) is 0. The second-order valence-electron chi connectivity index (χ2n) is 4.85. The average molecular weight is 261 g/mol. The number of hydrogen-bond donors (Lipinski definition) is 1. The SMILES string of the molecule is CC(C)CCc1nnc(C(N)c2ccccc2)s1. The molecule has 96 valence electrons. The molecule has 0 saturated heterocycles. The summed E-state index contributed by atoms with van der Waals surface area (Å²) in [6, 6.07) is 9.88. The number of nitrogens with zero attached hydrogens (tertiary/aromatic N) is 2. The van der Waals surface area contributed by atoms with E-state index in [9.17, 15) is 0 Å². The Kier molecular flexibility index (Phi) is 4.44. The zero-order valence-corrected chi connectivity index (χ0v) is 11.7. The van der Waals surface area contributed by atoms with E-state index in [1.54, 1.807) is 11.3 Å². The zero-order chi connectivity index (χ0) is 13.0. The van der Waals surface area contributed by atoms with Gasteiger partial charge in [0.1, 0.15) is 10.0 Å². The molecule has 1 atom stereocenters. The highest BCUT2D eigenvalue weighted by atomic mass is 32.1. The molecule has 0 spiro atoms. The van der Waals surface area contributed by atoms with Gasteiger partial charge in [0, 0.05) is 6.42 Å². The van der Waals surface area contributed by atoms with Gasteiger partial charge >= 0.3 is 0 Å². The Morgan fingerprint density at radius 3 is 2.56 bits per heavy atom. The van der Waals surface area contributed by atoms with Gasteiger partial charge in [-0.1, -0.05) is 55.5 Å². The molecule has 0 aliphatic rings. The molecule has 1 heterocycles. The maximum Gasteiger partial charge on any atom is 0.138 e. The smallest absolute Gasteiger partial charge is 0.138 e. The largest absolute Gasteiger partial charge is 0.318 e. The fourth-order valence-electron chi connectivity index (χ4n) is 1.71. The van der Waals surface area contributed by atoms with E-state index in [0.29, 0.717) is 5.92 Å². The molecule has 18 heavy (non-hydrogen) atoms. The summed E-state index contributed by atoms with van der Waals surface area (Å²) in [5, 5.41) is 10.4. The van der Waals surface area contributed by atoms with Crippen LogP contribution in [0.2, 0.25) is 0 Å². The molecule has 1 unspecified atom stereocenters. The topological polar surface area (TPSA) is 51.8 Å². The van der Waals surface area contributed by atoms with Crippen molar-refractivity contribution in [1.82, 2.24) is 10.2 Å². The molecule has 1 aromatic carbocycles. The number of aromatic nitrogens is 2. The highest BCUT2D eigenvalue weighted by Gasteiger charge is 2.14. The molecule has 2 N–H and O–H groups in total. The van der Waals surface area contributed by atoms with Crippen molar-refractivity contribution in [2.75, 3.05) is 0 Å². The van der Waals surface area contributed by atoms with Crippen LogP contribution in [-0.2, 0) is 6.42 Å². The van der Waals surface area contributed by atoms with Crippen LogP contribution in [0.4, 0.5) is 0 Å². The first-order chi connectivity index (χ1) is 8.66. The Bertz CT molecular complexity index is 479. The van der Waals surface area contributed by atoms with Gasteiger partial charge in [0.15, 0.2) is 0 Å². The van der Waals surface area contributed by atoms with Crippen molar-refractivity contribution in [1.29, 1.82) is 0 Å². The van der Waals surface area contributed by atoms with E-state index in [1.807, 2.05) is 30.3 Å². The molecule has 3 nitrogen and oxygen atoms in total. The lowest BCUT2D eigenvalue weighted by Gasteiger charge is -2.07. The number of benzene rings is 1. The summed E-state index contributed by atoms with van der Waals surface area (Å²) in [6.07, 6.45) is 2.14. The summed E-state index contributed by atoms with van der Waals surface area (Å²) >= 11 is 1.63. The van der Waals surface area contributed by atoms with Gasteiger partial charge in [-0.25, -0.2) is 0 Å². The number of rotatable bonds is 5. The summed E-state index contributed by atoms with van der Waals surface area (Å²) in [6.45, 7) is 4.44. The van der Waals surface area contributed by atoms with Crippen molar-refractivity contribution in [3.05, 3.63) is 45.9 Å². The van der Waals surface area contributed by atoms with Crippen LogP contribution < -0.4 is 5.73 Å². The second-order valence-corrected chi connectivity index (χ2v) is 5.95. The van der Waals surface area contributed by atoms with Gasteiger partial charge in [0.25, 0.3) is 0 Å². The molecular formula is C14H19N3S. The van der Waals surface area contributed by atoms with Gasteiger partial charge in [-0.3, -0.25) is 0 Å². The number of nitrogens with two attached hydrogens (primary N) is 1. The minimum absolute atomic E-state index is 0.156. The van der Waals surface area contributed by atoms with Crippen LogP contribution in [0, 0.1) is 5.92 Å². The molecule has 2 aromatic rings. The van der Waals surface area contributed by atoms with Gasteiger partial charge < -0.3 is 5.73 Å². The lowest BCUT2D eigenvalue weighted by atomic mass is 10.1. The first-order valence-corrected chi connectivity index (χ1v) is 7.11. The number of hydrogen-bond acceptors (Lipinski definition) is 4. The Balaban J connectivity index is 2.06. The van der Waals surface area contributed by atoms with Crippen molar-refractivity contribution in [2.45, 2.75) is 32.7 Å². The van der Waals surface area contributed by atoms with Crippen LogP contribution in [0.25, 0.3) is 0 Å². The molecule has 0 amide bonds. The highest BCUT2D eigenvalue weighted by Crippen LogP contribution is 2.23. The Morgan fingerprint density at radius 1 is 1.17 bits per heavy atom. The molecule has 4 heteroatoms. The first-order valence-electron chi connectivity index (χ1n) is 6.29. The third kappa shape index (κ3) is 3.37. The highest BCUT2D eigenvalue weighted by molar-refractivity contribution is 7.11. The molecule has 0 saturated carbocycles. The maximum absolute atomic E-state index is 6.19. The average Bonchev–Trinajstić information content (AvgIpc) is 2.85. The molecule has 0 aliphatic heterocycles. The van der Waals surface area contributed by atoms with Crippen molar-refractivity contribution in [3.63, 3.8) is 0 Å². The predicted octanol–water partition coefficient (Wildman–Crippen LogP) is 3.17. The molecule has 1 aromatic heterocycles. The summed E-state index contributed by atoms with van der Waals surface area (Å²) in [5.74, 6) is 0.695. The quantitative estimate of drug-likeness (QED) is 0.899. The molecule has 0 aliphatic carbocycles. The summed E-state index contributed by atoms with van der Waals surface area (Å²) < 4.78 is 0. The van der Waals surface area contributed by atoms with E-state index in [0.717, 1.165) is 28.4 Å². The zero-order valence-electron chi connectivity index (χ0n) is 10.8. The van der Waals surface area contributed by atoms with E-state index in [1.165, 1.54) is 0 Å². The van der Waals surface area contributed by atoms with Gasteiger partial charge in [0.2, 0.25) is 0 Å². The fraction of sp³-hybridized carbons (Fsp3) is 0.429. The fourth-order valence-corrected chi connectivity index (χ4v) is 2.60. The van der Waals surface area contributed by atoms with Crippen molar-refractivity contribution < 1.29 is 0 Å². The van der Waals surface area contributed by atoms with E-state index in [-0.39, 0.29) is 6.04 Å². The predicted molar refractivity (Wildman–Crippen MR) is 75.5 cm³/mol. The Morgan fingerprint density at radius 2 is 1.89 bits per heavy atom. The normalized spacial score (nSPS) is 12.9. The van der Waals surface area contributed by atoms with E-state index in [4.69, 9.17) is 5.73 Å². The third-order valence-electron chi connectivity index (χ3n) is 2.84. The van der Waals surface area contributed by atoms with Crippen molar-refractivity contribution in [3.8, 4) is 0 Å². The molecule has 0 radical (unpaired) electrons. The molecule has 0 bridgehead atoms. The van der Waals surface area contributed by atoms with E-state index in [2.05, 4.69) is 24.0 Å². The first kappa shape index (κ1) is 13.2. The van der Waals surface area contributed by atoms with Gasteiger partial charge in [-0.05, 0) is 17.9 Å². The van der Waals surface area contributed by atoms with Crippen LogP contribution in [-0.4, -0.2) is 10.2 Å². The number of aryl methyl sites for hydroxylation is 1. The minimum Gasteiger partial charge on any atom is -0.318 e.